The summed E-state index contributed by atoms with van der Waals surface area (Å²) in [6, 6.07) is 0. The summed E-state index contributed by atoms with van der Waals surface area (Å²) in [6.45, 7) is 0. The van der Waals surface area contributed by atoms with Crippen molar-refractivity contribution >= 4 is 28.3 Å². The van der Waals surface area contributed by atoms with E-state index in [4.69, 9.17) is 0 Å². The van der Waals surface area contributed by atoms with Crippen LogP contribution in [0.15, 0.2) is 0 Å². The molecule has 0 radical (unpaired) electrons. The second kappa shape index (κ2) is 8.06. The van der Waals surface area contributed by atoms with Crippen molar-refractivity contribution in [1.82, 2.24) is 0 Å². The minimum Gasteiger partial charge on any atom is -0.106 e. The summed E-state index contributed by atoms with van der Waals surface area (Å²) in [5.74, 6) is 13.8. The maximum absolute atomic E-state index is 2.31. The van der Waals surface area contributed by atoms with Crippen molar-refractivity contribution in [1.29, 1.82) is 0 Å². The van der Waals surface area contributed by atoms with Gasteiger partial charge in [-0.25, -0.2) is 0 Å². The molecule has 0 aliphatic carbocycles. The lowest BCUT2D eigenvalue weighted by Crippen LogP contribution is -1.84. The summed E-state index contributed by atoms with van der Waals surface area (Å²) in [5, 5.41) is 0. The summed E-state index contributed by atoms with van der Waals surface area (Å²) in [4.78, 5) is 0. The molecule has 0 heterocycles. The van der Waals surface area contributed by atoms with Crippen LogP contribution in [0.25, 0.3) is 0 Å². The van der Waals surface area contributed by atoms with Crippen LogP contribution in [-0.2, 0) is 0 Å². The smallest absolute Gasteiger partial charge is 0.106 e. The fraction of sp³-hybridized carbons (Fsp3) is 1.00. The molecule has 2 heteroatoms. The molecular weight excluding hydrogens is 126 g/mol. The van der Waals surface area contributed by atoms with Crippen LogP contribution in [0.1, 0.15) is 0 Å². The summed E-state index contributed by atoms with van der Waals surface area (Å²) in [6.07, 6.45) is 0. The Morgan fingerprint density at radius 2 is 0.500 bits per heavy atom. The first-order valence-corrected chi connectivity index (χ1v) is 10.4. The van der Waals surface area contributed by atoms with Gasteiger partial charge in [0.15, 0.2) is 0 Å². The second-order valence-corrected chi connectivity index (χ2v) is 10.4. The van der Waals surface area contributed by atoms with Crippen LogP contribution < -0.4 is 0 Å². The Morgan fingerprint density at radius 3 is 0.500 bits per heavy atom. The van der Waals surface area contributed by atoms with Crippen molar-refractivity contribution in [2.75, 3.05) is 0 Å². The molecule has 0 rings (SSSR count). The average molecular weight is 144 g/mol. The van der Waals surface area contributed by atoms with E-state index in [0.717, 1.165) is 0 Å². The Kier molecular flexibility index (Phi) is 11.9. The molecule has 0 unspecified atom stereocenters. The minimum atomic E-state index is -0.139. The first-order chi connectivity index (χ1) is 3.46. The third-order valence-electron chi connectivity index (χ3n) is 0. The molecule has 0 aromatic rings. The zero-order chi connectivity index (χ0) is 7.15. The molecule has 0 fully saturated rings. The molecular formula is C6H18Al2. The summed E-state index contributed by atoms with van der Waals surface area (Å²) in [5.41, 5.74) is 0. The van der Waals surface area contributed by atoms with Crippen molar-refractivity contribution in [2.24, 2.45) is 0 Å². The number of hydrogen-bond donors (Lipinski definition) is 0. The van der Waals surface area contributed by atoms with E-state index in [9.17, 15) is 0 Å². The fourth-order valence-electron chi connectivity index (χ4n) is 0. The Balaban J connectivity index is 0. The normalized spacial score (nSPS) is 6.75. The molecule has 0 saturated heterocycles. The largest absolute Gasteiger partial charge is 0.251 e. The molecule has 0 atom stereocenters. The maximum atomic E-state index is 2.31. The van der Waals surface area contributed by atoms with E-state index in [1.54, 1.807) is 0 Å². The highest BCUT2D eigenvalue weighted by Gasteiger charge is 1.82. The van der Waals surface area contributed by atoms with Crippen LogP contribution in [0, 0.1) is 0 Å². The van der Waals surface area contributed by atoms with Gasteiger partial charge in [-0.2, -0.15) is 0 Å². The lowest BCUT2D eigenvalue weighted by molar-refractivity contribution is 1.91. The van der Waals surface area contributed by atoms with Gasteiger partial charge >= 0.3 is 0 Å². The van der Waals surface area contributed by atoms with Gasteiger partial charge in [0.2, 0.25) is 0 Å². The van der Waals surface area contributed by atoms with Crippen molar-refractivity contribution < 1.29 is 0 Å². The van der Waals surface area contributed by atoms with Gasteiger partial charge in [-0.3, -0.25) is 0 Å². The van der Waals surface area contributed by atoms with Crippen LogP contribution in [0.4, 0.5) is 0 Å². The standard InChI is InChI=1S/6CH3.2Al/h6*1H3;;. The van der Waals surface area contributed by atoms with Crippen LogP contribution >= 0.6 is 0 Å². The molecule has 0 aromatic heterocycles. The lowest BCUT2D eigenvalue weighted by atomic mass is 11.8. The van der Waals surface area contributed by atoms with Crippen molar-refractivity contribution in [3.63, 3.8) is 0 Å². The van der Waals surface area contributed by atoms with E-state index in [-0.39, 0.29) is 28.3 Å². The number of rotatable bonds is 0. The third kappa shape index (κ3) is 229. The van der Waals surface area contributed by atoms with Crippen molar-refractivity contribution in [3.8, 4) is 0 Å². The zero-order valence-corrected chi connectivity index (χ0v) is 9.46. The van der Waals surface area contributed by atoms with Crippen LogP contribution in [0.2, 0.25) is 34.7 Å². The third-order valence-corrected chi connectivity index (χ3v) is 0. The second-order valence-electron chi connectivity index (χ2n) is 3.46. The summed E-state index contributed by atoms with van der Waals surface area (Å²) >= 11 is -0.278. The minimum absolute atomic E-state index is 0.139. The zero-order valence-electron chi connectivity index (χ0n) is 7.15. The highest BCUT2D eigenvalue weighted by molar-refractivity contribution is 6.54. The highest BCUT2D eigenvalue weighted by Crippen LogP contribution is 1.68. The average Bonchev–Trinajstić information content (AvgIpc) is 1.25. The summed E-state index contributed by atoms with van der Waals surface area (Å²) < 4.78 is 0. The van der Waals surface area contributed by atoms with E-state index < -0.39 is 0 Å². The Bertz CT molecular complexity index is 22.0. The molecule has 0 nitrogen and oxygen atoms in total. The summed E-state index contributed by atoms with van der Waals surface area (Å²) in [7, 11) is 0. The lowest BCUT2D eigenvalue weighted by Gasteiger charge is -1.67. The molecule has 48 valence electrons. The van der Waals surface area contributed by atoms with Crippen LogP contribution in [0.3, 0.4) is 0 Å². The highest BCUT2D eigenvalue weighted by atomic mass is 27.2. The van der Waals surface area contributed by atoms with E-state index >= 15 is 0 Å². The molecule has 0 aliphatic heterocycles. The van der Waals surface area contributed by atoms with E-state index in [2.05, 4.69) is 34.7 Å². The fourth-order valence-corrected chi connectivity index (χ4v) is 0. The molecule has 0 aliphatic rings. The predicted octanol–water partition coefficient (Wildman–Crippen LogP) is 2.74. The molecule has 0 bridgehead atoms. The van der Waals surface area contributed by atoms with E-state index in [1.165, 1.54) is 0 Å². The van der Waals surface area contributed by atoms with Crippen LogP contribution in [0.5, 0.6) is 0 Å². The predicted molar refractivity (Wildman–Crippen MR) is 46.7 cm³/mol. The van der Waals surface area contributed by atoms with Gasteiger partial charge in [0.05, 0.1) is 0 Å². The van der Waals surface area contributed by atoms with Crippen molar-refractivity contribution in [3.05, 3.63) is 0 Å². The SMILES string of the molecule is [CH3][Al]([CH3])[CH3].[CH3][Al]([CH3])[CH3]. The first kappa shape index (κ1) is 11.8. The van der Waals surface area contributed by atoms with Gasteiger partial charge in [-0.15, -0.1) is 34.7 Å². The molecule has 0 spiro atoms. The molecule has 8 heavy (non-hydrogen) atoms. The molecule has 0 N–H and O–H groups in total. The van der Waals surface area contributed by atoms with E-state index in [0.29, 0.717) is 0 Å². The molecule has 0 amide bonds. The van der Waals surface area contributed by atoms with Gasteiger partial charge < -0.3 is 0 Å². The van der Waals surface area contributed by atoms with Gasteiger partial charge in [-0.05, 0) is 0 Å². The topological polar surface area (TPSA) is 0 Å². The van der Waals surface area contributed by atoms with Gasteiger partial charge in [0, 0.05) is 0 Å². The van der Waals surface area contributed by atoms with Gasteiger partial charge in [0.25, 0.3) is 28.3 Å². The quantitative estimate of drug-likeness (QED) is 0.458. The molecule has 0 aromatic carbocycles. The number of hydrogen-bond acceptors (Lipinski definition) is 0. The Morgan fingerprint density at radius 1 is 0.500 bits per heavy atom. The van der Waals surface area contributed by atoms with E-state index in [1.807, 2.05) is 0 Å². The van der Waals surface area contributed by atoms with Crippen LogP contribution in [-0.4, -0.2) is 28.3 Å². The monoisotopic (exact) mass is 144 g/mol. The maximum Gasteiger partial charge on any atom is 0.251 e. The Hall–Kier alpha value is 1.06. The molecule has 0 saturated carbocycles. The Labute approximate surface area is 63.1 Å². The first-order valence-electron chi connectivity index (χ1n) is 3.46. The van der Waals surface area contributed by atoms with Crippen molar-refractivity contribution in [2.45, 2.75) is 34.7 Å². The van der Waals surface area contributed by atoms with Gasteiger partial charge in [-0.1, -0.05) is 0 Å². The van der Waals surface area contributed by atoms with Gasteiger partial charge in [0.1, 0.15) is 0 Å².